The minimum absolute atomic E-state index is 0.0760. The number of carboxylic acid groups (broad SMARTS) is 1. The van der Waals surface area contributed by atoms with Crippen LogP contribution in [-0.4, -0.2) is 24.8 Å². The first kappa shape index (κ1) is 13.2. The Labute approximate surface area is 111 Å². The van der Waals surface area contributed by atoms with E-state index in [1.165, 1.54) is 13.2 Å². The number of carbonyl (C=O) groups is 1. The van der Waals surface area contributed by atoms with E-state index < -0.39 is 5.97 Å². The maximum Gasteiger partial charge on any atom is 0.339 e. The average Bonchev–Trinajstić information content (AvgIpc) is 3.16. The lowest BCUT2D eigenvalue weighted by atomic mass is 10.1. The molecule has 0 bridgehead atoms. The SMILES string of the molecule is COc1cccc(C(=O)O)c1OCC1(CC#N)CC1. The van der Waals surface area contributed by atoms with Gasteiger partial charge in [0.25, 0.3) is 0 Å². The fraction of sp³-hybridized carbons (Fsp3) is 0.429. The third-order valence-corrected chi connectivity index (χ3v) is 3.36. The number of aromatic carboxylic acids is 1. The number of carboxylic acids is 1. The molecule has 1 aromatic rings. The molecule has 1 N–H and O–H groups in total. The van der Waals surface area contributed by atoms with Gasteiger partial charge in [-0.05, 0) is 25.0 Å². The van der Waals surface area contributed by atoms with E-state index in [4.69, 9.17) is 19.8 Å². The molecule has 0 amide bonds. The van der Waals surface area contributed by atoms with E-state index in [1.54, 1.807) is 12.1 Å². The van der Waals surface area contributed by atoms with Crippen LogP contribution in [0.15, 0.2) is 18.2 Å². The largest absolute Gasteiger partial charge is 0.493 e. The Morgan fingerprint density at radius 2 is 2.26 bits per heavy atom. The highest BCUT2D eigenvalue weighted by Gasteiger charge is 2.43. The van der Waals surface area contributed by atoms with Crippen molar-refractivity contribution in [2.45, 2.75) is 19.3 Å². The smallest absolute Gasteiger partial charge is 0.339 e. The van der Waals surface area contributed by atoms with Crippen molar-refractivity contribution in [1.29, 1.82) is 5.26 Å². The molecule has 5 nitrogen and oxygen atoms in total. The molecule has 100 valence electrons. The molecule has 19 heavy (non-hydrogen) atoms. The van der Waals surface area contributed by atoms with Crippen molar-refractivity contribution >= 4 is 5.97 Å². The molecule has 0 spiro atoms. The van der Waals surface area contributed by atoms with Crippen LogP contribution >= 0.6 is 0 Å². The number of nitriles is 1. The summed E-state index contributed by atoms with van der Waals surface area (Å²) in [5.41, 5.74) is -0.0298. The van der Waals surface area contributed by atoms with Gasteiger partial charge in [0, 0.05) is 11.8 Å². The van der Waals surface area contributed by atoms with Gasteiger partial charge in [0.05, 0.1) is 19.8 Å². The van der Waals surface area contributed by atoms with Crippen LogP contribution in [0.2, 0.25) is 0 Å². The van der Waals surface area contributed by atoms with Gasteiger partial charge in [0.1, 0.15) is 5.56 Å². The highest BCUT2D eigenvalue weighted by molar-refractivity contribution is 5.92. The minimum Gasteiger partial charge on any atom is -0.493 e. The number of nitrogens with zero attached hydrogens (tertiary/aromatic N) is 1. The van der Waals surface area contributed by atoms with Gasteiger partial charge in [0.2, 0.25) is 0 Å². The zero-order valence-corrected chi connectivity index (χ0v) is 10.7. The molecule has 0 radical (unpaired) electrons. The van der Waals surface area contributed by atoms with Gasteiger partial charge in [-0.3, -0.25) is 0 Å². The van der Waals surface area contributed by atoms with Crippen LogP contribution in [-0.2, 0) is 0 Å². The van der Waals surface area contributed by atoms with Crippen LogP contribution in [0, 0.1) is 16.7 Å². The summed E-state index contributed by atoms with van der Waals surface area (Å²) in [7, 11) is 1.47. The molecular weight excluding hydrogens is 246 g/mol. The van der Waals surface area contributed by atoms with Gasteiger partial charge in [-0.2, -0.15) is 5.26 Å². The van der Waals surface area contributed by atoms with Crippen molar-refractivity contribution in [2.24, 2.45) is 5.41 Å². The predicted molar refractivity (Wildman–Crippen MR) is 67.3 cm³/mol. The summed E-state index contributed by atoms with van der Waals surface area (Å²) in [6.07, 6.45) is 2.32. The summed E-state index contributed by atoms with van der Waals surface area (Å²) in [6.45, 7) is 0.348. The van der Waals surface area contributed by atoms with E-state index in [0.29, 0.717) is 18.8 Å². The summed E-state index contributed by atoms with van der Waals surface area (Å²) in [4.78, 5) is 11.2. The zero-order chi connectivity index (χ0) is 13.9. The van der Waals surface area contributed by atoms with Gasteiger partial charge in [-0.15, -0.1) is 0 Å². The first-order valence-corrected chi connectivity index (χ1v) is 6.02. The lowest BCUT2D eigenvalue weighted by molar-refractivity contribution is 0.0689. The Morgan fingerprint density at radius 3 is 2.79 bits per heavy atom. The molecule has 1 saturated carbocycles. The maximum absolute atomic E-state index is 11.2. The molecule has 2 rings (SSSR count). The number of rotatable bonds is 6. The highest BCUT2D eigenvalue weighted by Crippen LogP contribution is 2.49. The molecule has 0 unspecified atom stereocenters. The van der Waals surface area contributed by atoms with E-state index in [0.717, 1.165) is 12.8 Å². The molecule has 1 fully saturated rings. The number of methoxy groups -OCH3 is 1. The quantitative estimate of drug-likeness (QED) is 0.850. The van der Waals surface area contributed by atoms with Crippen LogP contribution in [0.3, 0.4) is 0 Å². The number of ether oxygens (including phenoxy) is 2. The van der Waals surface area contributed by atoms with Crippen molar-refractivity contribution in [1.82, 2.24) is 0 Å². The second-order valence-electron chi connectivity index (χ2n) is 4.77. The van der Waals surface area contributed by atoms with Crippen molar-refractivity contribution in [3.05, 3.63) is 23.8 Å². The third kappa shape index (κ3) is 2.79. The van der Waals surface area contributed by atoms with E-state index in [1.807, 2.05) is 0 Å². The number of para-hydroxylation sites is 1. The summed E-state index contributed by atoms with van der Waals surface area (Å²) in [6, 6.07) is 6.89. The maximum atomic E-state index is 11.2. The fourth-order valence-electron chi connectivity index (χ4n) is 1.94. The topological polar surface area (TPSA) is 79.6 Å². The molecule has 0 saturated heterocycles. The fourth-order valence-corrected chi connectivity index (χ4v) is 1.94. The Kier molecular flexibility index (Phi) is 3.61. The highest BCUT2D eigenvalue weighted by atomic mass is 16.5. The summed E-state index contributed by atoms with van der Waals surface area (Å²) in [5.74, 6) is -0.423. The van der Waals surface area contributed by atoms with Gasteiger partial charge >= 0.3 is 5.97 Å². The second-order valence-corrected chi connectivity index (χ2v) is 4.77. The molecule has 0 aromatic heterocycles. The number of hydrogen-bond acceptors (Lipinski definition) is 4. The molecule has 1 aliphatic carbocycles. The molecule has 1 aromatic carbocycles. The van der Waals surface area contributed by atoms with Gasteiger partial charge in [-0.1, -0.05) is 6.07 Å². The van der Waals surface area contributed by atoms with Crippen LogP contribution in [0.1, 0.15) is 29.6 Å². The van der Waals surface area contributed by atoms with Crippen LogP contribution in [0.4, 0.5) is 0 Å². The van der Waals surface area contributed by atoms with Crippen LogP contribution in [0.25, 0.3) is 0 Å². The second kappa shape index (κ2) is 5.19. The average molecular weight is 261 g/mol. The van der Waals surface area contributed by atoms with E-state index in [9.17, 15) is 4.79 Å². The Hall–Kier alpha value is -2.22. The van der Waals surface area contributed by atoms with Crippen molar-refractivity contribution in [2.75, 3.05) is 13.7 Å². The summed E-state index contributed by atoms with van der Waals surface area (Å²) >= 11 is 0. The Morgan fingerprint density at radius 1 is 1.53 bits per heavy atom. The van der Waals surface area contributed by atoms with E-state index in [2.05, 4.69) is 6.07 Å². The minimum atomic E-state index is -1.06. The van der Waals surface area contributed by atoms with Crippen molar-refractivity contribution < 1.29 is 19.4 Å². The Bertz CT molecular complexity index is 529. The normalized spacial score (nSPS) is 15.4. The first-order chi connectivity index (χ1) is 9.12. The van der Waals surface area contributed by atoms with Crippen molar-refractivity contribution in [3.8, 4) is 17.6 Å². The monoisotopic (exact) mass is 261 g/mol. The van der Waals surface area contributed by atoms with Gasteiger partial charge in [0.15, 0.2) is 11.5 Å². The van der Waals surface area contributed by atoms with Gasteiger partial charge in [-0.25, -0.2) is 4.79 Å². The van der Waals surface area contributed by atoms with Crippen LogP contribution in [0.5, 0.6) is 11.5 Å². The Balaban J connectivity index is 2.19. The lowest BCUT2D eigenvalue weighted by Gasteiger charge is -2.16. The molecule has 0 heterocycles. The molecule has 0 atom stereocenters. The molecular formula is C14H15NO4. The zero-order valence-electron chi connectivity index (χ0n) is 10.7. The summed E-state index contributed by atoms with van der Waals surface area (Å²) in [5, 5.41) is 17.9. The van der Waals surface area contributed by atoms with Crippen LogP contribution < -0.4 is 9.47 Å². The standard InChI is InChI=1S/C14H15NO4/c1-18-11-4-2-3-10(13(16)17)12(11)19-9-14(5-6-14)7-8-15/h2-4H,5-7,9H2,1H3,(H,16,17). The molecule has 0 aliphatic heterocycles. The first-order valence-electron chi connectivity index (χ1n) is 6.02. The van der Waals surface area contributed by atoms with Gasteiger partial charge < -0.3 is 14.6 Å². The number of benzene rings is 1. The van der Waals surface area contributed by atoms with E-state index in [-0.39, 0.29) is 16.7 Å². The lowest BCUT2D eigenvalue weighted by Crippen LogP contribution is -2.14. The van der Waals surface area contributed by atoms with Crippen molar-refractivity contribution in [3.63, 3.8) is 0 Å². The molecule has 5 heteroatoms. The third-order valence-electron chi connectivity index (χ3n) is 3.36. The predicted octanol–water partition coefficient (Wildman–Crippen LogP) is 2.47. The molecule has 1 aliphatic rings. The van der Waals surface area contributed by atoms with E-state index >= 15 is 0 Å². The number of hydrogen-bond donors (Lipinski definition) is 1. The summed E-state index contributed by atoms with van der Waals surface area (Å²) < 4.78 is 10.8.